The number of aliphatic hydroxyl groups excluding tert-OH is 1. The third-order valence-electron chi connectivity index (χ3n) is 2.86. The van der Waals surface area contributed by atoms with Crippen LogP contribution in [0.5, 0.6) is 0 Å². The lowest BCUT2D eigenvalue weighted by atomic mass is 10.0. The number of hydrogen-bond donors (Lipinski definition) is 1. The monoisotopic (exact) mass is 210 g/mol. The van der Waals surface area contributed by atoms with Gasteiger partial charge in [0.15, 0.2) is 0 Å². The van der Waals surface area contributed by atoms with Gasteiger partial charge in [-0.15, -0.1) is 12.3 Å². The van der Waals surface area contributed by atoms with E-state index < -0.39 is 0 Å². The van der Waals surface area contributed by atoms with Gasteiger partial charge in [-0.2, -0.15) is 0 Å². The predicted octanol–water partition coefficient (Wildman–Crippen LogP) is 3.76. The second-order valence-corrected chi connectivity index (χ2v) is 4.31. The molecule has 0 saturated carbocycles. The zero-order valence-electron chi connectivity index (χ0n) is 10.2. The van der Waals surface area contributed by atoms with Gasteiger partial charge in [-0.25, -0.2) is 0 Å². The van der Waals surface area contributed by atoms with Gasteiger partial charge in [-0.3, -0.25) is 0 Å². The third kappa shape index (κ3) is 9.82. The van der Waals surface area contributed by atoms with E-state index in [-0.39, 0.29) is 12.5 Å². The van der Waals surface area contributed by atoms with Gasteiger partial charge >= 0.3 is 0 Å². The van der Waals surface area contributed by atoms with Crippen molar-refractivity contribution in [1.29, 1.82) is 0 Å². The second-order valence-electron chi connectivity index (χ2n) is 4.31. The summed E-state index contributed by atoms with van der Waals surface area (Å²) in [5.74, 6) is 2.71. The fraction of sp³-hybridized carbons (Fsp3) is 0.857. The first-order valence-electron chi connectivity index (χ1n) is 6.42. The van der Waals surface area contributed by atoms with Crippen LogP contribution in [0.3, 0.4) is 0 Å². The molecule has 1 heteroatoms. The maximum atomic E-state index is 8.88. The van der Waals surface area contributed by atoms with Crippen molar-refractivity contribution in [3.05, 3.63) is 0 Å². The molecular formula is C14H26O. The standard InChI is InChI=1S/C14H26O/c1-3-5-6-7-8-9-10-11-12-14(4-2)13-15/h2,14-15H,3,5-13H2,1H3. The highest BCUT2D eigenvalue weighted by molar-refractivity contribution is 4.92. The highest BCUT2D eigenvalue weighted by Gasteiger charge is 2.01. The van der Waals surface area contributed by atoms with Crippen LogP contribution in [0.25, 0.3) is 0 Å². The number of hydrogen-bond acceptors (Lipinski definition) is 1. The number of rotatable bonds is 10. The first kappa shape index (κ1) is 14.5. The van der Waals surface area contributed by atoms with Crippen molar-refractivity contribution in [1.82, 2.24) is 0 Å². The van der Waals surface area contributed by atoms with Crippen LogP contribution in [-0.2, 0) is 0 Å². The maximum absolute atomic E-state index is 8.88. The van der Waals surface area contributed by atoms with Gasteiger partial charge < -0.3 is 5.11 Å². The molecule has 0 aliphatic heterocycles. The third-order valence-corrected chi connectivity index (χ3v) is 2.86. The van der Waals surface area contributed by atoms with Gasteiger partial charge in [0.25, 0.3) is 0 Å². The Balaban J connectivity index is 3.08. The minimum absolute atomic E-state index is 0.0880. The van der Waals surface area contributed by atoms with E-state index in [1.165, 1.54) is 51.4 Å². The van der Waals surface area contributed by atoms with Gasteiger partial charge in [0.1, 0.15) is 0 Å². The molecule has 88 valence electrons. The van der Waals surface area contributed by atoms with E-state index in [1.54, 1.807) is 0 Å². The molecule has 1 unspecified atom stereocenters. The van der Waals surface area contributed by atoms with Gasteiger partial charge in [0, 0.05) is 5.92 Å². The molecule has 0 bridgehead atoms. The molecule has 0 aliphatic carbocycles. The van der Waals surface area contributed by atoms with E-state index in [9.17, 15) is 0 Å². The SMILES string of the molecule is C#CC(CO)CCCCCCCCCC. The van der Waals surface area contributed by atoms with Crippen LogP contribution in [0, 0.1) is 18.3 Å². The minimum Gasteiger partial charge on any atom is -0.395 e. The number of terminal acetylenes is 1. The topological polar surface area (TPSA) is 20.2 Å². The summed E-state index contributed by atoms with van der Waals surface area (Å²) in [6, 6.07) is 0. The summed E-state index contributed by atoms with van der Waals surface area (Å²) in [5, 5.41) is 8.88. The average Bonchev–Trinajstić information content (AvgIpc) is 2.27. The molecule has 0 saturated heterocycles. The largest absolute Gasteiger partial charge is 0.395 e. The molecule has 0 aliphatic rings. The van der Waals surface area contributed by atoms with Gasteiger partial charge in [0.05, 0.1) is 6.61 Å². The fourth-order valence-electron chi connectivity index (χ4n) is 1.75. The molecular weight excluding hydrogens is 184 g/mol. The van der Waals surface area contributed by atoms with E-state index in [0.717, 1.165) is 6.42 Å². The van der Waals surface area contributed by atoms with Crippen LogP contribution in [0.1, 0.15) is 64.7 Å². The van der Waals surface area contributed by atoms with E-state index >= 15 is 0 Å². The van der Waals surface area contributed by atoms with E-state index in [0.29, 0.717) is 0 Å². The van der Waals surface area contributed by atoms with Gasteiger partial charge in [0.2, 0.25) is 0 Å². The Morgan fingerprint density at radius 2 is 1.53 bits per heavy atom. The van der Waals surface area contributed by atoms with Crippen molar-refractivity contribution in [2.24, 2.45) is 5.92 Å². The molecule has 0 amide bonds. The molecule has 0 radical (unpaired) electrons. The summed E-state index contributed by atoms with van der Waals surface area (Å²) in [7, 11) is 0. The Hall–Kier alpha value is -0.480. The normalized spacial score (nSPS) is 12.3. The Morgan fingerprint density at radius 3 is 2.00 bits per heavy atom. The molecule has 0 aromatic rings. The summed E-state index contributed by atoms with van der Waals surface area (Å²) in [5.41, 5.74) is 0. The zero-order valence-corrected chi connectivity index (χ0v) is 10.2. The van der Waals surface area contributed by atoms with E-state index in [2.05, 4.69) is 12.8 Å². The molecule has 0 rings (SSSR count). The minimum atomic E-state index is 0.0880. The van der Waals surface area contributed by atoms with E-state index in [1.807, 2.05) is 0 Å². The van der Waals surface area contributed by atoms with E-state index in [4.69, 9.17) is 11.5 Å². The Bertz CT molecular complexity index is 157. The first-order valence-corrected chi connectivity index (χ1v) is 6.42. The molecule has 0 fully saturated rings. The molecule has 15 heavy (non-hydrogen) atoms. The van der Waals surface area contributed by atoms with Gasteiger partial charge in [-0.05, 0) is 6.42 Å². The van der Waals surface area contributed by atoms with Crippen LogP contribution in [-0.4, -0.2) is 11.7 Å². The maximum Gasteiger partial charge on any atom is 0.0568 e. The average molecular weight is 210 g/mol. The summed E-state index contributed by atoms with van der Waals surface area (Å²) in [6.45, 7) is 2.39. The van der Waals surface area contributed by atoms with Crippen LogP contribution in [0.2, 0.25) is 0 Å². The highest BCUT2D eigenvalue weighted by atomic mass is 16.3. The lowest BCUT2D eigenvalue weighted by Crippen LogP contribution is -2.02. The van der Waals surface area contributed by atoms with Crippen LogP contribution < -0.4 is 0 Å². The molecule has 1 N–H and O–H groups in total. The smallest absolute Gasteiger partial charge is 0.0568 e. The molecule has 1 atom stereocenters. The highest BCUT2D eigenvalue weighted by Crippen LogP contribution is 2.12. The Kier molecular flexibility index (Phi) is 11.2. The summed E-state index contributed by atoms with van der Waals surface area (Å²) < 4.78 is 0. The molecule has 1 nitrogen and oxygen atoms in total. The second kappa shape index (κ2) is 11.6. The summed E-state index contributed by atoms with van der Waals surface area (Å²) in [4.78, 5) is 0. The summed E-state index contributed by atoms with van der Waals surface area (Å²) >= 11 is 0. The fourth-order valence-corrected chi connectivity index (χ4v) is 1.75. The van der Waals surface area contributed by atoms with Crippen LogP contribution in [0.15, 0.2) is 0 Å². The summed E-state index contributed by atoms with van der Waals surface area (Å²) in [6.07, 6.45) is 16.9. The van der Waals surface area contributed by atoms with Gasteiger partial charge in [-0.1, -0.05) is 58.3 Å². The lowest BCUT2D eigenvalue weighted by Gasteiger charge is -2.06. The molecule has 0 heterocycles. The van der Waals surface area contributed by atoms with Crippen molar-refractivity contribution >= 4 is 0 Å². The van der Waals surface area contributed by atoms with Crippen LogP contribution >= 0.6 is 0 Å². The van der Waals surface area contributed by atoms with Crippen molar-refractivity contribution in [2.45, 2.75) is 64.7 Å². The Labute approximate surface area is 95.3 Å². The van der Waals surface area contributed by atoms with Crippen molar-refractivity contribution in [3.8, 4) is 12.3 Å². The number of aliphatic hydroxyl groups is 1. The quantitative estimate of drug-likeness (QED) is 0.430. The molecule has 0 aromatic heterocycles. The van der Waals surface area contributed by atoms with Crippen LogP contribution in [0.4, 0.5) is 0 Å². The predicted molar refractivity (Wildman–Crippen MR) is 66.6 cm³/mol. The molecule has 0 spiro atoms. The Morgan fingerprint density at radius 1 is 1.00 bits per heavy atom. The first-order chi connectivity index (χ1) is 7.35. The zero-order chi connectivity index (χ0) is 11.4. The van der Waals surface area contributed by atoms with Crippen molar-refractivity contribution in [2.75, 3.05) is 6.61 Å². The lowest BCUT2D eigenvalue weighted by molar-refractivity contribution is 0.248. The van der Waals surface area contributed by atoms with Crippen molar-refractivity contribution < 1.29 is 5.11 Å². The van der Waals surface area contributed by atoms with Crippen molar-refractivity contribution in [3.63, 3.8) is 0 Å². The number of unbranched alkanes of at least 4 members (excludes halogenated alkanes) is 7. The molecule has 0 aromatic carbocycles.